The topological polar surface area (TPSA) is 80.2 Å². The second-order valence-electron chi connectivity index (χ2n) is 6.95. The first-order chi connectivity index (χ1) is 14.4. The van der Waals surface area contributed by atoms with E-state index in [9.17, 15) is 13.2 Å². The van der Waals surface area contributed by atoms with E-state index in [0.717, 1.165) is 10.9 Å². The number of nitrogens with one attached hydrogen (secondary N) is 2. The Hall–Kier alpha value is -3.58. The maximum absolute atomic E-state index is 13.0. The number of benzene rings is 3. The van der Waals surface area contributed by atoms with E-state index in [1.54, 1.807) is 60.1 Å². The molecule has 0 saturated carbocycles. The van der Waals surface area contributed by atoms with Gasteiger partial charge in [-0.3, -0.25) is 9.52 Å². The molecule has 1 heterocycles. The average Bonchev–Trinajstić information content (AvgIpc) is 3.00. The van der Waals surface area contributed by atoms with Gasteiger partial charge in [-0.25, -0.2) is 8.42 Å². The molecule has 4 rings (SSSR count). The van der Waals surface area contributed by atoms with Gasteiger partial charge in [-0.15, -0.1) is 0 Å². The second kappa shape index (κ2) is 7.68. The number of anilines is 3. The molecule has 2 N–H and O–H groups in total. The number of ketones is 1. The van der Waals surface area contributed by atoms with Crippen LogP contribution in [0.1, 0.15) is 17.3 Å². The molecule has 3 aromatic carbocycles. The standard InChI is InChI=1S/C23H21N3O3S/c1-16(27)18-12-6-8-14-20(18)24-22-19-13-7-9-15-21(19)26(2)23(22)25-30(28,29)17-10-4-3-5-11-17/h3-15,24-25H,1-2H3. The van der Waals surface area contributed by atoms with E-state index in [1.165, 1.54) is 6.92 Å². The summed E-state index contributed by atoms with van der Waals surface area (Å²) in [4.78, 5) is 12.2. The van der Waals surface area contributed by atoms with E-state index in [0.29, 0.717) is 22.8 Å². The Balaban J connectivity index is 1.87. The number of aromatic nitrogens is 1. The van der Waals surface area contributed by atoms with E-state index in [-0.39, 0.29) is 10.7 Å². The van der Waals surface area contributed by atoms with E-state index in [4.69, 9.17) is 0 Å². The molecule has 0 amide bonds. The molecule has 0 saturated heterocycles. The average molecular weight is 420 g/mol. The second-order valence-corrected chi connectivity index (χ2v) is 8.63. The van der Waals surface area contributed by atoms with E-state index < -0.39 is 10.0 Å². The van der Waals surface area contributed by atoms with Crippen molar-refractivity contribution >= 4 is 43.9 Å². The maximum Gasteiger partial charge on any atom is 0.263 e. The van der Waals surface area contributed by atoms with Crippen LogP contribution in [-0.2, 0) is 17.1 Å². The quantitative estimate of drug-likeness (QED) is 0.435. The van der Waals surface area contributed by atoms with Gasteiger partial charge in [0.15, 0.2) is 5.78 Å². The van der Waals surface area contributed by atoms with Crippen LogP contribution in [0.5, 0.6) is 0 Å². The molecule has 0 bridgehead atoms. The van der Waals surface area contributed by atoms with Crippen molar-refractivity contribution in [3.05, 3.63) is 84.4 Å². The summed E-state index contributed by atoms with van der Waals surface area (Å²) in [5, 5.41) is 4.13. The number of sulfonamides is 1. The summed E-state index contributed by atoms with van der Waals surface area (Å²) in [5.41, 5.74) is 2.58. The molecule has 0 radical (unpaired) electrons. The minimum Gasteiger partial charge on any atom is -0.351 e. The van der Waals surface area contributed by atoms with Gasteiger partial charge < -0.3 is 9.88 Å². The minimum atomic E-state index is -3.80. The molecule has 152 valence electrons. The predicted octanol–water partition coefficient (Wildman–Crippen LogP) is 4.93. The lowest BCUT2D eigenvalue weighted by Gasteiger charge is -2.14. The zero-order chi connectivity index (χ0) is 21.3. The fourth-order valence-electron chi connectivity index (χ4n) is 3.46. The first-order valence-electron chi connectivity index (χ1n) is 9.41. The van der Waals surface area contributed by atoms with Crippen LogP contribution in [0.2, 0.25) is 0 Å². The maximum atomic E-state index is 13.0. The van der Waals surface area contributed by atoms with E-state index in [2.05, 4.69) is 10.0 Å². The van der Waals surface area contributed by atoms with Crippen LogP contribution < -0.4 is 10.0 Å². The smallest absolute Gasteiger partial charge is 0.263 e. The Labute approximate surface area is 175 Å². The molecule has 0 aliphatic heterocycles. The van der Waals surface area contributed by atoms with Crippen LogP contribution >= 0.6 is 0 Å². The highest BCUT2D eigenvalue weighted by molar-refractivity contribution is 7.92. The number of nitrogens with zero attached hydrogens (tertiary/aromatic N) is 1. The summed E-state index contributed by atoms with van der Waals surface area (Å²) < 4.78 is 30.5. The fraction of sp³-hybridized carbons (Fsp3) is 0.0870. The van der Waals surface area contributed by atoms with Crippen LogP contribution in [0.3, 0.4) is 0 Å². The zero-order valence-electron chi connectivity index (χ0n) is 16.6. The number of aryl methyl sites for hydroxylation is 1. The Bertz CT molecular complexity index is 1340. The van der Waals surface area contributed by atoms with E-state index in [1.807, 2.05) is 30.3 Å². The van der Waals surface area contributed by atoms with Gasteiger partial charge in [0, 0.05) is 23.7 Å². The molecule has 0 spiro atoms. The van der Waals surface area contributed by atoms with Crippen molar-refractivity contribution in [2.45, 2.75) is 11.8 Å². The Morgan fingerprint density at radius 2 is 1.50 bits per heavy atom. The first-order valence-corrected chi connectivity index (χ1v) is 10.9. The number of para-hydroxylation sites is 2. The van der Waals surface area contributed by atoms with Gasteiger partial charge in [0.25, 0.3) is 10.0 Å². The van der Waals surface area contributed by atoms with Crippen LogP contribution in [0.25, 0.3) is 10.9 Å². The number of rotatable bonds is 6. The summed E-state index contributed by atoms with van der Waals surface area (Å²) >= 11 is 0. The van der Waals surface area contributed by atoms with Crippen molar-refractivity contribution in [2.24, 2.45) is 7.05 Å². The number of hydrogen-bond donors (Lipinski definition) is 2. The Kier molecular flexibility index (Phi) is 5.05. The van der Waals surface area contributed by atoms with Gasteiger partial charge in [-0.05, 0) is 37.3 Å². The SMILES string of the molecule is CC(=O)c1ccccc1Nc1c(NS(=O)(=O)c2ccccc2)n(C)c2ccccc12. The minimum absolute atomic E-state index is 0.0789. The summed E-state index contributed by atoms with van der Waals surface area (Å²) in [7, 11) is -2.00. The molecule has 1 aromatic heterocycles. The third-order valence-corrected chi connectivity index (χ3v) is 6.31. The summed E-state index contributed by atoms with van der Waals surface area (Å²) in [6.45, 7) is 1.50. The number of carbonyl (C=O) groups is 1. The van der Waals surface area contributed by atoms with Crippen molar-refractivity contribution in [1.82, 2.24) is 4.57 Å². The van der Waals surface area contributed by atoms with Crippen molar-refractivity contribution in [3.8, 4) is 0 Å². The van der Waals surface area contributed by atoms with Gasteiger partial charge in [0.2, 0.25) is 0 Å². The Morgan fingerprint density at radius 1 is 0.867 bits per heavy atom. The predicted molar refractivity (Wildman–Crippen MR) is 120 cm³/mol. The highest BCUT2D eigenvalue weighted by Crippen LogP contribution is 2.38. The number of Topliss-reactive ketones (excluding diaryl/α,β-unsaturated/α-hetero) is 1. The highest BCUT2D eigenvalue weighted by atomic mass is 32.2. The van der Waals surface area contributed by atoms with E-state index >= 15 is 0 Å². The molecule has 0 unspecified atom stereocenters. The van der Waals surface area contributed by atoms with Gasteiger partial charge in [0.05, 0.1) is 16.1 Å². The number of fused-ring (bicyclic) bond motifs is 1. The molecule has 7 heteroatoms. The third-order valence-electron chi connectivity index (χ3n) is 4.96. The summed E-state index contributed by atoms with van der Waals surface area (Å²) in [6, 6.07) is 23.0. The Morgan fingerprint density at radius 3 is 2.23 bits per heavy atom. The van der Waals surface area contributed by atoms with Gasteiger partial charge >= 0.3 is 0 Å². The molecule has 6 nitrogen and oxygen atoms in total. The van der Waals surface area contributed by atoms with Crippen molar-refractivity contribution in [3.63, 3.8) is 0 Å². The lowest BCUT2D eigenvalue weighted by molar-refractivity contribution is 0.101. The van der Waals surface area contributed by atoms with Crippen LogP contribution in [0.15, 0.2) is 83.8 Å². The lowest BCUT2D eigenvalue weighted by atomic mass is 10.1. The number of carbonyl (C=O) groups excluding carboxylic acids is 1. The van der Waals surface area contributed by atoms with Crippen LogP contribution in [0, 0.1) is 0 Å². The molecule has 0 aliphatic rings. The normalized spacial score (nSPS) is 11.4. The monoisotopic (exact) mass is 419 g/mol. The molecular weight excluding hydrogens is 398 g/mol. The van der Waals surface area contributed by atoms with Crippen molar-refractivity contribution in [2.75, 3.05) is 10.0 Å². The first kappa shape index (κ1) is 19.7. The van der Waals surface area contributed by atoms with Gasteiger partial charge in [-0.2, -0.15) is 0 Å². The molecular formula is C23H21N3O3S. The molecule has 0 fully saturated rings. The molecule has 0 aliphatic carbocycles. The molecule has 4 aromatic rings. The lowest BCUT2D eigenvalue weighted by Crippen LogP contribution is -2.16. The largest absolute Gasteiger partial charge is 0.351 e. The molecule has 0 atom stereocenters. The van der Waals surface area contributed by atoms with Crippen LogP contribution in [-0.4, -0.2) is 18.8 Å². The third kappa shape index (κ3) is 3.55. The summed E-state index contributed by atoms with van der Waals surface area (Å²) in [5.74, 6) is 0.308. The number of hydrogen-bond acceptors (Lipinski definition) is 4. The van der Waals surface area contributed by atoms with Gasteiger partial charge in [-0.1, -0.05) is 48.5 Å². The van der Waals surface area contributed by atoms with Crippen molar-refractivity contribution < 1.29 is 13.2 Å². The van der Waals surface area contributed by atoms with Crippen molar-refractivity contribution in [1.29, 1.82) is 0 Å². The fourth-order valence-corrected chi connectivity index (χ4v) is 4.59. The zero-order valence-corrected chi connectivity index (χ0v) is 17.4. The van der Waals surface area contributed by atoms with Crippen LogP contribution in [0.4, 0.5) is 17.2 Å². The highest BCUT2D eigenvalue weighted by Gasteiger charge is 2.22. The van der Waals surface area contributed by atoms with Gasteiger partial charge in [0.1, 0.15) is 5.82 Å². The molecule has 30 heavy (non-hydrogen) atoms. The summed E-state index contributed by atoms with van der Waals surface area (Å²) in [6.07, 6.45) is 0.